The minimum atomic E-state index is -0.485. The van der Waals surface area contributed by atoms with Crippen LogP contribution in [-0.4, -0.2) is 28.3 Å². The van der Waals surface area contributed by atoms with Gasteiger partial charge in [-0.05, 0) is 44.2 Å². The zero-order valence-corrected chi connectivity index (χ0v) is 18.2. The van der Waals surface area contributed by atoms with Gasteiger partial charge < -0.3 is 15.0 Å². The van der Waals surface area contributed by atoms with Crippen LogP contribution < -0.4 is 10.9 Å². The van der Waals surface area contributed by atoms with Crippen LogP contribution in [0, 0.1) is 6.92 Å². The molecule has 0 aliphatic carbocycles. The van der Waals surface area contributed by atoms with Crippen LogP contribution in [0.15, 0.2) is 32.7 Å². The first-order chi connectivity index (χ1) is 13.5. The number of hydrogen-bond acceptors (Lipinski definition) is 7. The van der Waals surface area contributed by atoms with E-state index < -0.39 is 11.9 Å². The molecule has 3 heterocycles. The number of fused-ring (bicyclic) bond motifs is 1. The van der Waals surface area contributed by atoms with Crippen molar-refractivity contribution in [1.29, 1.82) is 0 Å². The second-order valence-electron chi connectivity index (χ2n) is 6.62. The lowest BCUT2D eigenvalue weighted by Crippen LogP contribution is -2.31. The van der Waals surface area contributed by atoms with E-state index in [9.17, 15) is 9.59 Å². The fourth-order valence-electron chi connectivity index (χ4n) is 3.23. The SMILES string of the molecule is CCCCSc1nc2c(c(=O)[nH]1)[C@H](c1sccc1C)C(C(=O)OCC)=C(C)N2. The van der Waals surface area contributed by atoms with Crippen molar-refractivity contribution in [3.8, 4) is 0 Å². The lowest BCUT2D eigenvalue weighted by Gasteiger charge is -2.28. The summed E-state index contributed by atoms with van der Waals surface area (Å²) in [4.78, 5) is 34.3. The summed E-state index contributed by atoms with van der Waals surface area (Å²) in [6, 6.07) is 2.00. The van der Waals surface area contributed by atoms with Gasteiger partial charge in [-0.15, -0.1) is 11.3 Å². The number of thiophene rings is 1. The second-order valence-corrected chi connectivity index (χ2v) is 8.65. The van der Waals surface area contributed by atoms with Crippen molar-refractivity contribution in [2.24, 2.45) is 0 Å². The van der Waals surface area contributed by atoms with E-state index in [1.165, 1.54) is 23.1 Å². The molecule has 3 rings (SSSR count). The molecule has 2 aromatic rings. The van der Waals surface area contributed by atoms with Crippen LogP contribution in [0.25, 0.3) is 0 Å². The number of carbonyl (C=O) groups is 1. The molecule has 0 unspecified atom stereocenters. The molecule has 8 heteroatoms. The van der Waals surface area contributed by atoms with E-state index in [0.717, 1.165) is 29.0 Å². The number of hydrogen-bond donors (Lipinski definition) is 2. The third-order valence-electron chi connectivity index (χ3n) is 4.62. The zero-order valence-electron chi connectivity index (χ0n) is 16.5. The Kier molecular flexibility index (Phi) is 6.61. The van der Waals surface area contributed by atoms with Gasteiger partial charge in [0.1, 0.15) is 5.82 Å². The van der Waals surface area contributed by atoms with Gasteiger partial charge in [-0.2, -0.15) is 0 Å². The minimum absolute atomic E-state index is 0.219. The van der Waals surface area contributed by atoms with Gasteiger partial charge in [-0.25, -0.2) is 9.78 Å². The zero-order chi connectivity index (χ0) is 20.3. The number of aromatic amines is 1. The average molecular weight is 420 g/mol. The fourth-order valence-corrected chi connectivity index (χ4v) is 5.23. The van der Waals surface area contributed by atoms with Crippen molar-refractivity contribution in [3.05, 3.63) is 49.1 Å². The van der Waals surface area contributed by atoms with E-state index in [0.29, 0.717) is 27.8 Å². The van der Waals surface area contributed by atoms with E-state index in [1.807, 2.05) is 25.3 Å². The average Bonchev–Trinajstić information content (AvgIpc) is 3.06. The van der Waals surface area contributed by atoms with Gasteiger partial charge in [0, 0.05) is 16.3 Å². The molecule has 150 valence electrons. The Morgan fingerprint density at radius 3 is 2.79 bits per heavy atom. The van der Waals surface area contributed by atoms with E-state index in [2.05, 4.69) is 22.2 Å². The Morgan fingerprint density at radius 2 is 2.14 bits per heavy atom. The summed E-state index contributed by atoms with van der Waals surface area (Å²) >= 11 is 3.07. The summed E-state index contributed by atoms with van der Waals surface area (Å²) in [5.74, 6) is 0.526. The number of thioether (sulfide) groups is 1. The molecular formula is C20H25N3O3S2. The maximum absolute atomic E-state index is 13.0. The minimum Gasteiger partial charge on any atom is -0.463 e. The molecule has 28 heavy (non-hydrogen) atoms. The standard InChI is InChI=1S/C20H25N3O3S2/c1-5-7-9-28-20-22-17-15(18(24)23-20)14(16-11(3)8-10-27-16)13(12(4)21-17)19(25)26-6-2/h8,10,14H,5-7,9H2,1-4H3,(H2,21,22,23,24)/t14-/m1/s1. The fraction of sp³-hybridized carbons (Fsp3) is 0.450. The van der Waals surface area contributed by atoms with Gasteiger partial charge in [0.25, 0.3) is 5.56 Å². The summed E-state index contributed by atoms with van der Waals surface area (Å²) in [6.07, 6.45) is 2.15. The molecule has 0 spiro atoms. The highest BCUT2D eigenvalue weighted by Gasteiger charge is 2.37. The highest BCUT2D eigenvalue weighted by Crippen LogP contribution is 2.43. The first-order valence-electron chi connectivity index (χ1n) is 9.43. The Balaban J connectivity index is 2.12. The number of ether oxygens (including phenoxy) is 1. The number of H-pyrrole nitrogens is 1. The molecule has 2 N–H and O–H groups in total. The van der Waals surface area contributed by atoms with Crippen LogP contribution in [-0.2, 0) is 9.53 Å². The molecule has 1 atom stereocenters. The number of carbonyl (C=O) groups excluding carboxylic acids is 1. The van der Waals surface area contributed by atoms with Gasteiger partial charge in [0.2, 0.25) is 0 Å². The molecule has 0 aromatic carbocycles. The lowest BCUT2D eigenvalue weighted by molar-refractivity contribution is -0.138. The van der Waals surface area contributed by atoms with Crippen LogP contribution in [0.2, 0.25) is 0 Å². The summed E-state index contributed by atoms with van der Waals surface area (Å²) in [6.45, 7) is 8.00. The maximum Gasteiger partial charge on any atom is 0.336 e. The summed E-state index contributed by atoms with van der Waals surface area (Å²) in [5.41, 5.74) is 2.44. The van der Waals surface area contributed by atoms with Gasteiger partial charge in [-0.1, -0.05) is 25.1 Å². The number of esters is 1. The van der Waals surface area contributed by atoms with Crippen LogP contribution in [0.1, 0.15) is 55.5 Å². The number of anilines is 1. The largest absolute Gasteiger partial charge is 0.463 e. The number of rotatable bonds is 7. The molecule has 0 amide bonds. The highest BCUT2D eigenvalue weighted by atomic mass is 32.2. The Morgan fingerprint density at radius 1 is 1.36 bits per heavy atom. The first-order valence-corrected chi connectivity index (χ1v) is 11.3. The lowest BCUT2D eigenvalue weighted by atomic mass is 9.85. The number of aryl methyl sites for hydroxylation is 1. The summed E-state index contributed by atoms with van der Waals surface area (Å²) in [5, 5.41) is 5.74. The van der Waals surface area contributed by atoms with Crippen LogP contribution in [0.3, 0.4) is 0 Å². The number of aromatic nitrogens is 2. The third kappa shape index (κ3) is 4.03. The topological polar surface area (TPSA) is 84.1 Å². The van der Waals surface area contributed by atoms with Crippen molar-refractivity contribution >= 4 is 34.9 Å². The smallest absolute Gasteiger partial charge is 0.336 e. The Labute approximate surface area is 172 Å². The number of nitrogens with one attached hydrogen (secondary N) is 2. The van der Waals surface area contributed by atoms with Crippen LogP contribution >= 0.6 is 23.1 Å². The summed E-state index contributed by atoms with van der Waals surface area (Å²) < 4.78 is 5.30. The van der Waals surface area contributed by atoms with Gasteiger partial charge in [-0.3, -0.25) is 4.79 Å². The molecule has 0 saturated carbocycles. The van der Waals surface area contributed by atoms with Gasteiger partial charge >= 0.3 is 5.97 Å². The molecule has 0 bridgehead atoms. The van der Waals surface area contributed by atoms with E-state index >= 15 is 0 Å². The van der Waals surface area contributed by atoms with Crippen LogP contribution in [0.4, 0.5) is 5.82 Å². The normalized spacial score (nSPS) is 15.9. The van der Waals surface area contributed by atoms with Crippen molar-refractivity contribution in [2.45, 2.75) is 51.6 Å². The predicted molar refractivity (Wildman–Crippen MR) is 114 cm³/mol. The molecule has 0 saturated heterocycles. The number of nitrogens with zero attached hydrogens (tertiary/aromatic N) is 1. The quantitative estimate of drug-likeness (QED) is 0.299. The van der Waals surface area contributed by atoms with E-state index in [-0.39, 0.29) is 12.2 Å². The van der Waals surface area contributed by atoms with E-state index in [1.54, 1.807) is 6.92 Å². The van der Waals surface area contributed by atoms with Crippen molar-refractivity contribution in [2.75, 3.05) is 17.7 Å². The van der Waals surface area contributed by atoms with E-state index in [4.69, 9.17) is 4.74 Å². The Bertz CT molecular complexity index is 962. The molecular weight excluding hydrogens is 394 g/mol. The van der Waals surface area contributed by atoms with Crippen molar-refractivity contribution < 1.29 is 9.53 Å². The highest BCUT2D eigenvalue weighted by molar-refractivity contribution is 7.99. The molecule has 2 aromatic heterocycles. The number of unbranched alkanes of at least 4 members (excludes halogenated alkanes) is 1. The first kappa shape index (κ1) is 20.7. The molecule has 1 aliphatic heterocycles. The van der Waals surface area contributed by atoms with Crippen LogP contribution in [0.5, 0.6) is 0 Å². The van der Waals surface area contributed by atoms with Gasteiger partial charge in [0.15, 0.2) is 5.16 Å². The van der Waals surface area contributed by atoms with Crippen molar-refractivity contribution in [1.82, 2.24) is 9.97 Å². The third-order valence-corrected chi connectivity index (χ3v) is 6.66. The molecule has 0 fully saturated rings. The molecule has 0 radical (unpaired) electrons. The summed E-state index contributed by atoms with van der Waals surface area (Å²) in [7, 11) is 0. The second kappa shape index (κ2) is 8.96. The molecule has 1 aliphatic rings. The Hall–Kier alpha value is -2.06. The predicted octanol–water partition coefficient (Wildman–Crippen LogP) is 4.43. The number of allylic oxidation sites excluding steroid dienone is 1. The monoisotopic (exact) mass is 419 g/mol. The molecule has 6 nitrogen and oxygen atoms in total. The van der Waals surface area contributed by atoms with Crippen molar-refractivity contribution in [3.63, 3.8) is 0 Å². The maximum atomic E-state index is 13.0. The van der Waals surface area contributed by atoms with Gasteiger partial charge in [0.05, 0.1) is 23.7 Å².